The molecule has 1 saturated carbocycles. The third-order valence-electron chi connectivity index (χ3n) is 4.74. The van der Waals surface area contributed by atoms with Gasteiger partial charge in [-0.05, 0) is 55.6 Å². The molecule has 3 atom stereocenters. The fourth-order valence-corrected chi connectivity index (χ4v) is 4.28. The van der Waals surface area contributed by atoms with Gasteiger partial charge in [-0.15, -0.1) is 0 Å². The minimum Gasteiger partial charge on any atom is -0.0888 e. The van der Waals surface area contributed by atoms with Crippen LogP contribution in [0.4, 0.5) is 0 Å². The molecule has 3 unspecified atom stereocenters. The number of rotatable bonds is 3. The van der Waals surface area contributed by atoms with Crippen LogP contribution in [0, 0.1) is 12.8 Å². The molecule has 0 spiro atoms. The van der Waals surface area contributed by atoms with Crippen molar-refractivity contribution in [3.05, 3.63) is 71.3 Å². The van der Waals surface area contributed by atoms with E-state index in [1.165, 1.54) is 42.4 Å². The zero-order valence-corrected chi connectivity index (χ0v) is 14.2. The molecule has 0 nitrogen and oxygen atoms in total. The van der Waals surface area contributed by atoms with Gasteiger partial charge < -0.3 is 0 Å². The van der Waals surface area contributed by atoms with E-state index in [2.05, 4.69) is 77.5 Å². The van der Waals surface area contributed by atoms with Crippen LogP contribution in [-0.4, -0.2) is 4.83 Å². The number of aryl methyl sites for hydroxylation is 1. The second kappa shape index (κ2) is 6.79. The summed E-state index contributed by atoms with van der Waals surface area (Å²) in [6.07, 6.45) is 5.09. The van der Waals surface area contributed by atoms with E-state index < -0.39 is 0 Å². The lowest BCUT2D eigenvalue weighted by Crippen LogP contribution is -2.26. The summed E-state index contributed by atoms with van der Waals surface area (Å²) in [7, 11) is 0. The molecular weight excluding hydrogens is 320 g/mol. The number of halogens is 1. The Morgan fingerprint density at radius 1 is 1.00 bits per heavy atom. The van der Waals surface area contributed by atoms with E-state index in [0.29, 0.717) is 4.83 Å². The van der Waals surface area contributed by atoms with E-state index in [0.717, 1.165) is 11.8 Å². The summed E-state index contributed by atoms with van der Waals surface area (Å²) in [5, 5.41) is 0. The van der Waals surface area contributed by atoms with Crippen molar-refractivity contribution in [2.75, 3.05) is 0 Å². The SMILES string of the molecule is Cc1cccc(CC2CC(c3ccccc3)CCC2Br)c1. The topological polar surface area (TPSA) is 0 Å². The van der Waals surface area contributed by atoms with Crippen molar-refractivity contribution in [1.82, 2.24) is 0 Å². The second-order valence-electron chi connectivity index (χ2n) is 6.39. The first-order valence-electron chi connectivity index (χ1n) is 7.97. The highest BCUT2D eigenvalue weighted by Gasteiger charge is 2.29. The molecular formula is C20H23Br. The average Bonchev–Trinajstić information content (AvgIpc) is 2.50. The third-order valence-corrected chi connectivity index (χ3v) is 5.95. The van der Waals surface area contributed by atoms with Crippen molar-refractivity contribution in [2.45, 2.75) is 43.4 Å². The molecule has 2 aromatic rings. The van der Waals surface area contributed by atoms with E-state index in [1.54, 1.807) is 0 Å². The predicted molar refractivity (Wildman–Crippen MR) is 94.1 cm³/mol. The smallest absolute Gasteiger partial charge is 0.0177 e. The molecule has 1 aliphatic carbocycles. The Morgan fingerprint density at radius 2 is 1.81 bits per heavy atom. The van der Waals surface area contributed by atoms with Gasteiger partial charge in [-0.25, -0.2) is 0 Å². The average molecular weight is 343 g/mol. The fraction of sp³-hybridized carbons (Fsp3) is 0.400. The Bertz CT molecular complexity index is 575. The zero-order valence-electron chi connectivity index (χ0n) is 12.6. The minimum absolute atomic E-state index is 0.665. The first-order valence-corrected chi connectivity index (χ1v) is 8.88. The molecule has 1 aliphatic rings. The van der Waals surface area contributed by atoms with Gasteiger partial charge in [-0.3, -0.25) is 0 Å². The fourth-order valence-electron chi connectivity index (χ4n) is 3.61. The van der Waals surface area contributed by atoms with Crippen molar-refractivity contribution < 1.29 is 0 Å². The van der Waals surface area contributed by atoms with Crippen molar-refractivity contribution >= 4 is 15.9 Å². The Labute approximate surface area is 136 Å². The molecule has 0 amide bonds. The van der Waals surface area contributed by atoms with Crippen LogP contribution in [0.25, 0.3) is 0 Å². The summed E-state index contributed by atoms with van der Waals surface area (Å²) in [5.74, 6) is 1.47. The summed E-state index contributed by atoms with van der Waals surface area (Å²) in [6, 6.07) is 20.0. The third kappa shape index (κ3) is 3.77. The summed E-state index contributed by atoms with van der Waals surface area (Å²) in [4.78, 5) is 0.665. The second-order valence-corrected chi connectivity index (χ2v) is 7.57. The maximum atomic E-state index is 3.93. The summed E-state index contributed by atoms with van der Waals surface area (Å²) >= 11 is 3.93. The maximum Gasteiger partial charge on any atom is 0.0177 e. The van der Waals surface area contributed by atoms with Crippen LogP contribution in [-0.2, 0) is 6.42 Å². The Kier molecular flexibility index (Phi) is 4.80. The highest BCUT2D eigenvalue weighted by Crippen LogP contribution is 2.40. The lowest BCUT2D eigenvalue weighted by atomic mass is 9.76. The van der Waals surface area contributed by atoms with Crippen LogP contribution in [0.3, 0.4) is 0 Å². The van der Waals surface area contributed by atoms with Crippen LogP contribution in [0.5, 0.6) is 0 Å². The van der Waals surface area contributed by atoms with E-state index >= 15 is 0 Å². The van der Waals surface area contributed by atoms with Gasteiger partial charge in [0.15, 0.2) is 0 Å². The van der Waals surface area contributed by atoms with Crippen LogP contribution in [0.15, 0.2) is 54.6 Å². The molecule has 3 rings (SSSR count). The molecule has 2 aromatic carbocycles. The summed E-state index contributed by atoms with van der Waals surface area (Å²) in [5.41, 5.74) is 4.37. The van der Waals surface area contributed by atoms with Gasteiger partial charge in [-0.1, -0.05) is 76.1 Å². The molecule has 0 saturated heterocycles. The monoisotopic (exact) mass is 342 g/mol. The predicted octanol–water partition coefficient (Wildman–Crippen LogP) is 5.88. The zero-order chi connectivity index (χ0) is 14.7. The van der Waals surface area contributed by atoms with E-state index in [-0.39, 0.29) is 0 Å². The van der Waals surface area contributed by atoms with Crippen LogP contribution < -0.4 is 0 Å². The van der Waals surface area contributed by atoms with Gasteiger partial charge in [-0.2, -0.15) is 0 Å². The summed E-state index contributed by atoms with van der Waals surface area (Å²) < 4.78 is 0. The lowest BCUT2D eigenvalue weighted by molar-refractivity contribution is 0.335. The van der Waals surface area contributed by atoms with Crippen molar-refractivity contribution in [2.24, 2.45) is 5.92 Å². The van der Waals surface area contributed by atoms with E-state index in [4.69, 9.17) is 0 Å². The number of benzene rings is 2. The largest absolute Gasteiger partial charge is 0.0888 e. The minimum atomic E-state index is 0.665. The Morgan fingerprint density at radius 3 is 2.57 bits per heavy atom. The molecule has 0 bridgehead atoms. The molecule has 1 fully saturated rings. The molecule has 0 aliphatic heterocycles. The van der Waals surface area contributed by atoms with Crippen molar-refractivity contribution in [1.29, 1.82) is 0 Å². The molecule has 0 N–H and O–H groups in total. The Hall–Kier alpha value is -1.08. The van der Waals surface area contributed by atoms with Crippen molar-refractivity contribution in [3.63, 3.8) is 0 Å². The van der Waals surface area contributed by atoms with Crippen LogP contribution >= 0.6 is 15.9 Å². The van der Waals surface area contributed by atoms with Gasteiger partial charge in [0.05, 0.1) is 0 Å². The lowest BCUT2D eigenvalue weighted by Gasteiger charge is -2.33. The Balaban J connectivity index is 1.72. The molecule has 0 aromatic heterocycles. The molecule has 0 radical (unpaired) electrons. The number of alkyl halides is 1. The standard InChI is InChI=1S/C20H23Br/c1-15-6-5-7-16(12-15)13-19-14-18(10-11-20(19)21)17-8-3-2-4-9-17/h2-9,12,18-20H,10-11,13-14H2,1H3. The van der Waals surface area contributed by atoms with Gasteiger partial charge in [0.1, 0.15) is 0 Å². The quantitative estimate of drug-likeness (QED) is 0.610. The van der Waals surface area contributed by atoms with Gasteiger partial charge in [0, 0.05) is 4.83 Å². The van der Waals surface area contributed by atoms with E-state index in [1.807, 2.05) is 0 Å². The maximum absolute atomic E-state index is 3.93. The molecule has 110 valence electrons. The van der Waals surface area contributed by atoms with Crippen molar-refractivity contribution in [3.8, 4) is 0 Å². The highest BCUT2D eigenvalue weighted by atomic mass is 79.9. The highest BCUT2D eigenvalue weighted by molar-refractivity contribution is 9.09. The normalized spacial score (nSPS) is 25.7. The van der Waals surface area contributed by atoms with Crippen LogP contribution in [0.2, 0.25) is 0 Å². The first kappa shape index (κ1) is 14.8. The molecule has 0 heterocycles. The van der Waals surface area contributed by atoms with Crippen LogP contribution in [0.1, 0.15) is 41.9 Å². The van der Waals surface area contributed by atoms with Gasteiger partial charge >= 0.3 is 0 Å². The number of hydrogen-bond acceptors (Lipinski definition) is 0. The van der Waals surface area contributed by atoms with Gasteiger partial charge in [0.2, 0.25) is 0 Å². The number of hydrogen-bond donors (Lipinski definition) is 0. The van der Waals surface area contributed by atoms with Gasteiger partial charge in [0.25, 0.3) is 0 Å². The summed E-state index contributed by atoms with van der Waals surface area (Å²) in [6.45, 7) is 2.18. The molecule has 1 heteroatoms. The first-order chi connectivity index (χ1) is 10.2. The van der Waals surface area contributed by atoms with E-state index in [9.17, 15) is 0 Å². The molecule has 21 heavy (non-hydrogen) atoms.